The number of aromatic nitrogens is 2. The third-order valence-corrected chi connectivity index (χ3v) is 4.85. The van der Waals surface area contributed by atoms with Crippen molar-refractivity contribution in [2.75, 3.05) is 6.61 Å². The number of aliphatic imine (C=N–C) groups is 1. The Morgan fingerprint density at radius 1 is 1.28 bits per heavy atom. The monoisotopic (exact) mass is 439 g/mol. The average molecular weight is 440 g/mol. The minimum Gasteiger partial charge on any atom is -0.494 e. The summed E-state index contributed by atoms with van der Waals surface area (Å²) in [6, 6.07) is 0. The number of hydrogen-bond donors (Lipinski definition) is 3. The first-order chi connectivity index (χ1) is 13.4. The zero-order chi connectivity index (χ0) is 21.9. The fraction of sp³-hybridized carbons (Fsp3) is 0.389. The van der Waals surface area contributed by atoms with Gasteiger partial charge < -0.3 is 19.6 Å². The molecule has 2 heterocycles. The van der Waals surface area contributed by atoms with Crippen molar-refractivity contribution in [2.45, 2.75) is 40.2 Å². The van der Waals surface area contributed by atoms with Crippen molar-refractivity contribution < 1.29 is 24.2 Å². The van der Waals surface area contributed by atoms with E-state index in [4.69, 9.17) is 21.7 Å². The Bertz CT molecular complexity index is 1090. The van der Waals surface area contributed by atoms with Crippen LogP contribution in [0.2, 0.25) is 0 Å². The van der Waals surface area contributed by atoms with Gasteiger partial charge in [-0.3, -0.25) is 9.78 Å². The smallest absolute Gasteiger partial charge is 0.349 e. The number of nitrogens with zero attached hydrogens (tertiary/aromatic N) is 1. The maximum Gasteiger partial charge on any atom is 0.349 e. The molecule has 0 spiro atoms. The van der Waals surface area contributed by atoms with Gasteiger partial charge >= 0.3 is 11.9 Å². The fourth-order valence-electron chi connectivity index (χ4n) is 2.28. The minimum atomic E-state index is -0.720. The van der Waals surface area contributed by atoms with Crippen LogP contribution in [0.4, 0.5) is 5.00 Å². The van der Waals surface area contributed by atoms with Crippen LogP contribution < -0.4 is 5.56 Å². The highest BCUT2D eigenvalue weighted by Gasteiger charge is 2.28. The molecule has 0 saturated heterocycles. The molecule has 0 aliphatic heterocycles. The Balaban J connectivity index is 2.57. The van der Waals surface area contributed by atoms with E-state index in [0.29, 0.717) is 5.56 Å². The van der Waals surface area contributed by atoms with Crippen molar-refractivity contribution in [3.63, 3.8) is 0 Å². The summed E-state index contributed by atoms with van der Waals surface area (Å²) < 4.78 is 10.4. The number of H-pyrrole nitrogens is 2. The van der Waals surface area contributed by atoms with E-state index in [9.17, 15) is 19.5 Å². The van der Waals surface area contributed by atoms with Crippen LogP contribution in [0.3, 0.4) is 0 Å². The SMILES string of the molecule is CCOC(=O)c1c(/N=C/c2c(O)[nH]c(=S)[nH]c2=O)sc(C(=O)OC(C)(C)C)c1C. The number of aromatic amines is 2. The van der Waals surface area contributed by atoms with Crippen molar-refractivity contribution in [1.82, 2.24) is 9.97 Å². The van der Waals surface area contributed by atoms with E-state index < -0.39 is 29.0 Å². The molecule has 0 fully saturated rings. The van der Waals surface area contributed by atoms with Crippen molar-refractivity contribution in [1.29, 1.82) is 0 Å². The van der Waals surface area contributed by atoms with Crippen LogP contribution in [0.25, 0.3) is 0 Å². The lowest BCUT2D eigenvalue weighted by Gasteiger charge is -2.19. The number of ether oxygens (including phenoxy) is 2. The molecule has 0 aliphatic rings. The highest BCUT2D eigenvalue weighted by Crippen LogP contribution is 2.37. The Morgan fingerprint density at radius 3 is 2.48 bits per heavy atom. The van der Waals surface area contributed by atoms with E-state index >= 15 is 0 Å². The van der Waals surface area contributed by atoms with Gasteiger partial charge in [0.05, 0.1) is 6.61 Å². The molecule has 0 saturated carbocycles. The summed E-state index contributed by atoms with van der Waals surface area (Å²) in [5.41, 5.74) is -1.11. The molecule has 2 aromatic rings. The van der Waals surface area contributed by atoms with E-state index in [-0.39, 0.29) is 32.4 Å². The Labute approximate surface area is 175 Å². The first kappa shape index (κ1) is 22.5. The topological polar surface area (TPSA) is 134 Å². The number of carbonyl (C=O) groups is 2. The molecule has 29 heavy (non-hydrogen) atoms. The second-order valence-corrected chi connectivity index (χ2v) is 8.29. The van der Waals surface area contributed by atoms with Crippen LogP contribution in [0, 0.1) is 11.7 Å². The summed E-state index contributed by atoms with van der Waals surface area (Å²) in [6.07, 6.45) is 1.08. The zero-order valence-electron chi connectivity index (χ0n) is 16.5. The summed E-state index contributed by atoms with van der Waals surface area (Å²) in [4.78, 5) is 46.0. The minimum absolute atomic E-state index is 0.0453. The van der Waals surface area contributed by atoms with Gasteiger partial charge in [-0.15, -0.1) is 11.3 Å². The van der Waals surface area contributed by atoms with Crippen LogP contribution >= 0.6 is 23.6 Å². The molecule has 0 amide bonds. The molecule has 3 N–H and O–H groups in total. The highest BCUT2D eigenvalue weighted by atomic mass is 32.1. The second-order valence-electron chi connectivity index (χ2n) is 6.89. The molecule has 0 aromatic carbocycles. The number of nitrogens with one attached hydrogen (secondary N) is 2. The molecule has 9 nitrogen and oxygen atoms in total. The molecule has 11 heteroatoms. The van der Waals surface area contributed by atoms with Gasteiger partial charge in [-0.05, 0) is 52.4 Å². The van der Waals surface area contributed by atoms with Gasteiger partial charge in [0.15, 0.2) is 4.77 Å². The van der Waals surface area contributed by atoms with E-state index in [1.165, 1.54) is 0 Å². The third kappa shape index (κ3) is 5.39. The molecule has 156 valence electrons. The van der Waals surface area contributed by atoms with Crippen molar-refractivity contribution in [2.24, 2.45) is 4.99 Å². The van der Waals surface area contributed by atoms with Gasteiger partial charge in [0.25, 0.3) is 5.56 Å². The molecule has 0 atom stereocenters. The molecule has 2 aromatic heterocycles. The number of esters is 2. The lowest BCUT2D eigenvalue weighted by atomic mass is 10.1. The largest absolute Gasteiger partial charge is 0.494 e. The number of thiophene rings is 1. The molecular weight excluding hydrogens is 418 g/mol. The number of aromatic hydroxyl groups is 1. The predicted molar refractivity (Wildman–Crippen MR) is 111 cm³/mol. The number of hydrogen-bond acceptors (Lipinski definition) is 9. The maximum atomic E-state index is 12.5. The third-order valence-electron chi connectivity index (χ3n) is 3.46. The first-order valence-electron chi connectivity index (χ1n) is 8.58. The van der Waals surface area contributed by atoms with Crippen LogP contribution in [-0.2, 0) is 9.47 Å². The molecule has 0 aliphatic carbocycles. The summed E-state index contributed by atoms with van der Waals surface area (Å²) in [5.74, 6) is -1.73. The summed E-state index contributed by atoms with van der Waals surface area (Å²) in [7, 11) is 0. The van der Waals surface area contributed by atoms with Gasteiger partial charge in [-0.2, -0.15) is 0 Å². The highest BCUT2D eigenvalue weighted by molar-refractivity contribution is 7.71. The summed E-state index contributed by atoms with van der Waals surface area (Å²) >= 11 is 5.70. The zero-order valence-corrected chi connectivity index (χ0v) is 18.2. The Morgan fingerprint density at radius 2 is 1.93 bits per heavy atom. The molecule has 0 bridgehead atoms. The maximum absolute atomic E-state index is 12.5. The van der Waals surface area contributed by atoms with Gasteiger partial charge in [-0.1, -0.05) is 0 Å². The fourth-order valence-corrected chi connectivity index (χ4v) is 3.49. The first-order valence-corrected chi connectivity index (χ1v) is 9.80. The second kappa shape index (κ2) is 8.70. The standard InChI is InChI=1S/C18H21N3O6S2/c1-6-26-15(24)10-8(2)11(16(25)27-18(3,4)5)29-14(10)19-7-9-12(22)20-17(28)21-13(9)23/h7H,6H2,1-5H3,(H3,20,21,22,23,28)/b19-7+. The van der Waals surface area contributed by atoms with Crippen molar-refractivity contribution in [3.8, 4) is 5.88 Å². The Kier molecular flexibility index (Phi) is 6.75. The Hall–Kier alpha value is -2.79. The lowest BCUT2D eigenvalue weighted by Crippen LogP contribution is -2.23. The van der Waals surface area contributed by atoms with Gasteiger partial charge in [0.1, 0.15) is 26.6 Å². The summed E-state index contributed by atoms with van der Waals surface area (Å²) in [6.45, 7) is 8.57. The average Bonchev–Trinajstić information content (AvgIpc) is 2.89. The van der Waals surface area contributed by atoms with Crippen molar-refractivity contribution >= 4 is 46.7 Å². The van der Waals surface area contributed by atoms with E-state index in [2.05, 4.69) is 15.0 Å². The molecular formula is C18H21N3O6S2. The van der Waals surface area contributed by atoms with Crippen LogP contribution in [0.5, 0.6) is 5.88 Å². The van der Waals surface area contributed by atoms with Crippen LogP contribution in [0.1, 0.15) is 58.9 Å². The molecule has 0 unspecified atom stereocenters. The predicted octanol–water partition coefficient (Wildman–Crippen LogP) is 3.39. The lowest BCUT2D eigenvalue weighted by molar-refractivity contribution is 0.00745. The van der Waals surface area contributed by atoms with Crippen LogP contribution in [-0.4, -0.2) is 45.4 Å². The molecule has 2 rings (SSSR count). The van der Waals surface area contributed by atoms with Crippen molar-refractivity contribution in [3.05, 3.63) is 36.7 Å². The van der Waals surface area contributed by atoms with Gasteiger partial charge in [0, 0.05) is 6.21 Å². The van der Waals surface area contributed by atoms with E-state index in [1.807, 2.05) is 0 Å². The van der Waals surface area contributed by atoms with Crippen LogP contribution in [0.15, 0.2) is 9.79 Å². The quantitative estimate of drug-likeness (QED) is 0.369. The number of rotatable bonds is 5. The molecule has 0 radical (unpaired) electrons. The van der Waals surface area contributed by atoms with Gasteiger partial charge in [0.2, 0.25) is 5.88 Å². The normalized spacial score (nSPS) is 11.6. The van der Waals surface area contributed by atoms with E-state index in [1.54, 1.807) is 34.6 Å². The summed E-state index contributed by atoms with van der Waals surface area (Å²) in [5, 5.41) is 10.0. The number of carbonyl (C=O) groups excluding carboxylic acids is 2. The van der Waals surface area contributed by atoms with E-state index in [0.717, 1.165) is 17.6 Å². The van der Waals surface area contributed by atoms with Gasteiger partial charge in [-0.25, -0.2) is 14.6 Å².